The van der Waals surface area contributed by atoms with Crippen LogP contribution in [0.2, 0.25) is 0 Å². The number of amides is 1. The summed E-state index contributed by atoms with van der Waals surface area (Å²) in [5.74, 6) is -0.0619. The van der Waals surface area contributed by atoms with Gasteiger partial charge in [0.1, 0.15) is 0 Å². The van der Waals surface area contributed by atoms with E-state index < -0.39 is 0 Å². The Morgan fingerprint density at radius 1 is 1.22 bits per heavy atom. The van der Waals surface area contributed by atoms with E-state index in [9.17, 15) is 4.79 Å². The zero-order valence-corrected chi connectivity index (χ0v) is 10.9. The highest BCUT2D eigenvalue weighted by atomic mass is 16.2. The quantitative estimate of drug-likeness (QED) is 0.794. The van der Waals surface area contributed by atoms with E-state index in [4.69, 9.17) is 0 Å². The lowest BCUT2D eigenvalue weighted by Gasteiger charge is -2.17. The monoisotopic (exact) mass is 247 g/mol. The number of hydrogen-bond acceptors (Lipinski definition) is 3. The van der Waals surface area contributed by atoms with E-state index in [0.717, 1.165) is 25.9 Å². The summed E-state index contributed by atoms with van der Waals surface area (Å²) < 4.78 is 0. The Kier molecular flexibility index (Phi) is 4.73. The van der Waals surface area contributed by atoms with Crippen molar-refractivity contribution >= 4 is 5.91 Å². The molecule has 0 aromatic heterocycles. The van der Waals surface area contributed by atoms with Crippen LogP contribution < -0.4 is 10.9 Å². The van der Waals surface area contributed by atoms with Gasteiger partial charge < -0.3 is 4.90 Å². The number of nitrogens with one attached hydrogen (secondary N) is 2. The Morgan fingerprint density at radius 3 is 2.78 bits per heavy atom. The van der Waals surface area contributed by atoms with Crippen LogP contribution in [-0.2, 0) is 0 Å². The molecule has 1 heterocycles. The molecule has 0 saturated carbocycles. The second-order valence-corrected chi connectivity index (χ2v) is 4.90. The lowest BCUT2D eigenvalue weighted by atomic mass is 10.1. The number of likely N-dealkylation sites (tertiary alicyclic amines) is 1. The summed E-state index contributed by atoms with van der Waals surface area (Å²) in [6.07, 6.45) is 3.36. The lowest BCUT2D eigenvalue weighted by Crippen LogP contribution is -2.44. The van der Waals surface area contributed by atoms with Crippen LogP contribution >= 0.6 is 0 Å². The van der Waals surface area contributed by atoms with E-state index in [1.807, 2.05) is 30.3 Å². The molecule has 0 bridgehead atoms. The van der Waals surface area contributed by atoms with Gasteiger partial charge in [-0.25, -0.2) is 5.43 Å². The van der Waals surface area contributed by atoms with Crippen LogP contribution in [0.4, 0.5) is 0 Å². The van der Waals surface area contributed by atoms with Gasteiger partial charge in [0.25, 0.3) is 5.91 Å². The fraction of sp³-hybridized carbons (Fsp3) is 0.500. The fourth-order valence-corrected chi connectivity index (χ4v) is 2.21. The van der Waals surface area contributed by atoms with Crippen molar-refractivity contribution in [2.24, 2.45) is 0 Å². The van der Waals surface area contributed by atoms with Crippen LogP contribution in [0.1, 0.15) is 29.6 Å². The van der Waals surface area contributed by atoms with Crippen LogP contribution in [0, 0.1) is 0 Å². The summed E-state index contributed by atoms with van der Waals surface area (Å²) in [6, 6.07) is 9.66. The number of benzene rings is 1. The van der Waals surface area contributed by atoms with E-state index in [2.05, 4.69) is 22.8 Å². The summed E-state index contributed by atoms with van der Waals surface area (Å²) in [5.41, 5.74) is 6.65. The van der Waals surface area contributed by atoms with Gasteiger partial charge in [-0.2, -0.15) is 0 Å². The molecular formula is C14H21N3O. The van der Waals surface area contributed by atoms with Crippen molar-refractivity contribution in [2.45, 2.75) is 25.3 Å². The summed E-state index contributed by atoms with van der Waals surface area (Å²) in [7, 11) is 2.14. The molecule has 0 aliphatic carbocycles. The molecule has 4 heteroatoms. The van der Waals surface area contributed by atoms with Gasteiger partial charge in [-0.15, -0.1) is 0 Å². The van der Waals surface area contributed by atoms with E-state index in [1.54, 1.807) is 0 Å². The molecule has 2 N–H and O–H groups in total. The van der Waals surface area contributed by atoms with Gasteiger partial charge in [-0.3, -0.25) is 10.2 Å². The number of hydrazine groups is 1. The van der Waals surface area contributed by atoms with Crippen LogP contribution in [-0.4, -0.2) is 37.0 Å². The van der Waals surface area contributed by atoms with Gasteiger partial charge >= 0.3 is 0 Å². The van der Waals surface area contributed by atoms with Gasteiger partial charge in [0.05, 0.1) is 0 Å². The zero-order chi connectivity index (χ0) is 12.8. The normalized spacial score (nSPS) is 21.3. The average molecular weight is 247 g/mol. The van der Waals surface area contributed by atoms with Crippen molar-refractivity contribution in [1.82, 2.24) is 15.8 Å². The molecule has 1 unspecified atom stereocenters. The van der Waals surface area contributed by atoms with Crippen LogP contribution in [0.15, 0.2) is 30.3 Å². The maximum absolute atomic E-state index is 11.9. The molecule has 2 rings (SSSR count). The molecule has 0 radical (unpaired) electrons. The van der Waals surface area contributed by atoms with Crippen molar-refractivity contribution < 1.29 is 4.79 Å². The van der Waals surface area contributed by atoms with Crippen molar-refractivity contribution in [3.8, 4) is 0 Å². The fourth-order valence-electron chi connectivity index (χ4n) is 2.21. The molecule has 1 aromatic rings. The Labute approximate surface area is 108 Å². The topological polar surface area (TPSA) is 44.4 Å². The van der Waals surface area contributed by atoms with Crippen molar-refractivity contribution in [2.75, 3.05) is 20.1 Å². The minimum absolute atomic E-state index is 0.0619. The Hall–Kier alpha value is -1.39. The van der Waals surface area contributed by atoms with Crippen molar-refractivity contribution in [3.05, 3.63) is 35.9 Å². The second kappa shape index (κ2) is 6.52. The van der Waals surface area contributed by atoms with Crippen LogP contribution in [0.25, 0.3) is 0 Å². The maximum atomic E-state index is 11.9. The SMILES string of the molecule is CN1CCCC(NNC(=O)c2ccccc2)CC1. The first-order valence-electron chi connectivity index (χ1n) is 6.55. The lowest BCUT2D eigenvalue weighted by molar-refractivity contribution is 0.0923. The number of carbonyl (C=O) groups excluding carboxylic acids is 1. The highest BCUT2D eigenvalue weighted by Gasteiger charge is 2.15. The minimum Gasteiger partial charge on any atom is -0.306 e. The summed E-state index contributed by atoms with van der Waals surface area (Å²) in [5, 5.41) is 0. The van der Waals surface area contributed by atoms with Gasteiger partial charge in [-0.05, 0) is 51.5 Å². The third-order valence-corrected chi connectivity index (χ3v) is 3.38. The smallest absolute Gasteiger partial charge is 0.265 e. The first kappa shape index (κ1) is 13.1. The minimum atomic E-state index is -0.0619. The third-order valence-electron chi connectivity index (χ3n) is 3.38. The number of rotatable bonds is 3. The predicted octanol–water partition coefficient (Wildman–Crippen LogP) is 1.41. The number of hydrogen-bond donors (Lipinski definition) is 2. The predicted molar refractivity (Wildman–Crippen MR) is 72.2 cm³/mol. The molecule has 1 fully saturated rings. The van der Waals surface area contributed by atoms with Crippen LogP contribution in [0.5, 0.6) is 0 Å². The summed E-state index contributed by atoms with van der Waals surface area (Å²) in [6.45, 7) is 2.23. The molecule has 18 heavy (non-hydrogen) atoms. The van der Waals surface area contributed by atoms with Crippen molar-refractivity contribution in [3.63, 3.8) is 0 Å². The Morgan fingerprint density at radius 2 is 2.00 bits per heavy atom. The van der Waals surface area contributed by atoms with E-state index in [0.29, 0.717) is 11.6 Å². The number of nitrogens with zero attached hydrogens (tertiary/aromatic N) is 1. The molecule has 98 valence electrons. The Bertz CT molecular complexity index is 380. The molecule has 4 nitrogen and oxygen atoms in total. The van der Waals surface area contributed by atoms with E-state index in [1.165, 1.54) is 6.42 Å². The molecule has 1 atom stereocenters. The van der Waals surface area contributed by atoms with Gasteiger partial charge in [0.15, 0.2) is 0 Å². The molecule has 0 spiro atoms. The van der Waals surface area contributed by atoms with E-state index in [-0.39, 0.29) is 5.91 Å². The zero-order valence-electron chi connectivity index (χ0n) is 10.9. The molecule has 1 aliphatic rings. The molecular weight excluding hydrogens is 226 g/mol. The largest absolute Gasteiger partial charge is 0.306 e. The first-order chi connectivity index (χ1) is 8.75. The number of carbonyl (C=O) groups is 1. The van der Waals surface area contributed by atoms with Gasteiger partial charge in [-0.1, -0.05) is 18.2 Å². The van der Waals surface area contributed by atoms with Crippen molar-refractivity contribution in [1.29, 1.82) is 0 Å². The van der Waals surface area contributed by atoms with Gasteiger partial charge in [0.2, 0.25) is 0 Å². The second-order valence-electron chi connectivity index (χ2n) is 4.90. The highest BCUT2D eigenvalue weighted by molar-refractivity contribution is 5.93. The molecule has 1 saturated heterocycles. The highest BCUT2D eigenvalue weighted by Crippen LogP contribution is 2.08. The molecule has 1 aliphatic heterocycles. The molecule has 1 amide bonds. The van der Waals surface area contributed by atoms with Crippen LogP contribution in [0.3, 0.4) is 0 Å². The Balaban J connectivity index is 1.79. The summed E-state index contributed by atoms with van der Waals surface area (Å²) >= 11 is 0. The van der Waals surface area contributed by atoms with E-state index >= 15 is 0 Å². The average Bonchev–Trinajstić information content (AvgIpc) is 2.62. The maximum Gasteiger partial charge on any atom is 0.265 e. The standard InChI is InChI=1S/C14H21N3O/c1-17-10-5-8-13(9-11-17)15-16-14(18)12-6-3-2-4-7-12/h2-4,6-7,13,15H,5,8-11H2,1H3,(H,16,18). The molecule has 1 aromatic carbocycles. The van der Waals surface area contributed by atoms with Gasteiger partial charge in [0, 0.05) is 11.6 Å². The summed E-state index contributed by atoms with van der Waals surface area (Å²) in [4.78, 5) is 14.2. The third kappa shape index (κ3) is 3.82. The first-order valence-corrected chi connectivity index (χ1v) is 6.55.